The predicted molar refractivity (Wildman–Crippen MR) is 91.6 cm³/mol. The van der Waals surface area contributed by atoms with Gasteiger partial charge in [-0.1, -0.05) is 70.4 Å². The Morgan fingerprint density at radius 2 is 1.76 bits per heavy atom. The molecule has 2 heteroatoms. The SMILES string of the molecule is CCCCCC(NC(COCC)C(C)C)c1ccccc1. The molecule has 0 aliphatic heterocycles. The first-order chi connectivity index (χ1) is 10.2. The summed E-state index contributed by atoms with van der Waals surface area (Å²) in [5, 5.41) is 3.84. The third-order valence-electron chi connectivity index (χ3n) is 4.02. The average Bonchev–Trinajstić information content (AvgIpc) is 2.50. The molecule has 2 unspecified atom stereocenters. The molecule has 1 N–H and O–H groups in total. The summed E-state index contributed by atoms with van der Waals surface area (Å²) in [5.74, 6) is 0.578. The van der Waals surface area contributed by atoms with Gasteiger partial charge in [0.1, 0.15) is 0 Å². The van der Waals surface area contributed by atoms with E-state index in [2.05, 4.69) is 63.3 Å². The monoisotopic (exact) mass is 291 g/mol. The van der Waals surface area contributed by atoms with Crippen LogP contribution in [-0.4, -0.2) is 19.3 Å². The number of unbranched alkanes of at least 4 members (excludes halogenated alkanes) is 2. The molecule has 0 radical (unpaired) electrons. The molecule has 0 aliphatic carbocycles. The molecule has 0 aromatic heterocycles. The highest BCUT2D eigenvalue weighted by Crippen LogP contribution is 2.22. The van der Waals surface area contributed by atoms with Gasteiger partial charge in [-0.3, -0.25) is 0 Å². The van der Waals surface area contributed by atoms with Gasteiger partial charge in [0.2, 0.25) is 0 Å². The zero-order valence-corrected chi connectivity index (χ0v) is 14.3. The molecule has 0 saturated carbocycles. The summed E-state index contributed by atoms with van der Waals surface area (Å²) >= 11 is 0. The van der Waals surface area contributed by atoms with Gasteiger partial charge in [0.15, 0.2) is 0 Å². The van der Waals surface area contributed by atoms with E-state index in [1.807, 2.05) is 0 Å². The molecule has 0 aliphatic rings. The van der Waals surface area contributed by atoms with Crippen LogP contribution >= 0.6 is 0 Å². The van der Waals surface area contributed by atoms with Crippen LogP contribution in [0.3, 0.4) is 0 Å². The van der Waals surface area contributed by atoms with Crippen LogP contribution in [0.5, 0.6) is 0 Å². The third kappa shape index (κ3) is 7.10. The molecule has 1 aromatic rings. The Labute approximate surface area is 131 Å². The molecule has 2 nitrogen and oxygen atoms in total. The van der Waals surface area contributed by atoms with Crippen LogP contribution in [0.1, 0.15) is 65.0 Å². The number of hydrogen-bond acceptors (Lipinski definition) is 2. The molecule has 0 amide bonds. The minimum absolute atomic E-state index is 0.414. The molecule has 0 heterocycles. The van der Waals surface area contributed by atoms with Gasteiger partial charge in [0.05, 0.1) is 6.61 Å². The van der Waals surface area contributed by atoms with Crippen LogP contribution in [0.25, 0.3) is 0 Å². The second-order valence-corrected chi connectivity index (χ2v) is 6.14. The smallest absolute Gasteiger partial charge is 0.0622 e. The highest BCUT2D eigenvalue weighted by atomic mass is 16.5. The summed E-state index contributed by atoms with van der Waals surface area (Å²) < 4.78 is 5.66. The van der Waals surface area contributed by atoms with Gasteiger partial charge in [0.25, 0.3) is 0 Å². The highest BCUT2D eigenvalue weighted by molar-refractivity contribution is 5.19. The fourth-order valence-electron chi connectivity index (χ4n) is 2.57. The van der Waals surface area contributed by atoms with E-state index in [9.17, 15) is 0 Å². The lowest BCUT2D eigenvalue weighted by Gasteiger charge is -2.29. The zero-order valence-electron chi connectivity index (χ0n) is 14.3. The quantitative estimate of drug-likeness (QED) is 0.582. The molecule has 0 saturated heterocycles. The van der Waals surface area contributed by atoms with Gasteiger partial charge < -0.3 is 10.1 Å². The van der Waals surface area contributed by atoms with Crippen LogP contribution in [0.4, 0.5) is 0 Å². The number of rotatable bonds is 11. The molecular formula is C19H33NO. The van der Waals surface area contributed by atoms with Gasteiger partial charge >= 0.3 is 0 Å². The van der Waals surface area contributed by atoms with E-state index in [1.165, 1.54) is 31.2 Å². The summed E-state index contributed by atoms with van der Waals surface area (Å²) in [4.78, 5) is 0. The van der Waals surface area contributed by atoms with Crippen molar-refractivity contribution in [2.45, 2.75) is 65.5 Å². The highest BCUT2D eigenvalue weighted by Gasteiger charge is 2.19. The lowest BCUT2D eigenvalue weighted by atomic mass is 9.97. The summed E-state index contributed by atoms with van der Waals surface area (Å²) in [7, 11) is 0. The molecule has 0 spiro atoms. The Balaban J connectivity index is 2.70. The standard InChI is InChI=1S/C19H33NO/c1-5-7-9-14-18(17-12-10-8-11-13-17)20-19(16(3)4)15-21-6-2/h8,10-13,16,18-20H,5-7,9,14-15H2,1-4H3. The Kier molecular flexibility index (Phi) is 9.36. The van der Waals surface area contributed by atoms with Crippen molar-refractivity contribution in [1.82, 2.24) is 5.32 Å². The predicted octanol–water partition coefficient (Wildman–Crippen LogP) is 4.96. The molecule has 1 aromatic carbocycles. The van der Waals surface area contributed by atoms with Crippen LogP contribution in [0.2, 0.25) is 0 Å². The summed E-state index contributed by atoms with van der Waals surface area (Å²) in [6.45, 7) is 10.4. The molecule has 0 bridgehead atoms. The Hall–Kier alpha value is -0.860. The lowest BCUT2D eigenvalue weighted by molar-refractivity contribution is 0.102. The van der Waals surface area contributed by atoms with Crippen molar-refractivity contribution in [2.24, 2.45) is 5.92 Å². The topological polar surface area (TPSA) is 21.3 Å². The van der Waals surface area contributed by atoms with Gasteiger partial charge in [-0.25, -0.2) is 0 Å². The van der Waals surface area contributed by atoms with Gasteiger partial charge in [-0.05, 0) is 24.8 Å². The summed E-state index contributed by atoms with van der Waals surface area (Å²) in [5.41, 5.74) is 1.40. The van der Waals surface area contributed by atoms with Crippen LogP contribution in [-0.2, 0) is 4.74 Å². The van der Waals surface area contributed by atoms with Crippen molar-refractivity contribution in [3.63, 3.8) is 0 Å². The minimum Gasteiger partial charge on any atom is -0.380 e. The van der Waals surface area contributed by atoms with Crippen molar-refractivity contribution < 1.29 is 4.74 Å². The maximum absolute atomic E-state index is 5.66. The van der Waals surface area contributed by atoms with Crippen LogP contribution in [0, 0.1) is 5.92 Å². The normalized spacial score (nSPS) is 14.3. The van der Waals surface area contributed by atoms with E-state index in [-0.39, 0.29) is 0 Å². The first-order valence-corrected chi connectivity index (χ1v) is 8.57. The Bertz CT molecular complexity index is 350. The average molecular weight is 291 g/mol. The number of benzene rings is 1. The fraction of sp³-hybridized carbons (Fsp3) is 0.684. The molecule has 21 heavy (non-hydrogen) atoms. The van der Waals surface area contributed by atoms with Gasteiger partial charge in [0, 0.05) is 18.7 Å². The first kappa shape index (κ1) is 18.2. The maximum Gasteiger partial charge on any atom is 0.0622 e. The molecule has 1 rings (SSSR count). The zero-order chi connectivity index (χ0) is 15.5. The number of hydrogen-bond donors (Lipinski definition) is 1. The summed E-state index contributed by atoms with van der Waals surface area (Å²) in [6, 6.07) is 11.7. The largest absolute Gasteiger partial charge is 0.380 e. The van der Waals surface area contributed by atoms with E-state index < -0.39 is 0 Å². The van der Waals surface area contributed by atoms with Gasteiger partial charge in [-0.15, -0.1) is 0 Å². The van der Waals surface area contributed by atoms with E-state index in [4.69, 9.17) is 4.74 Å². The molecular weight excluding hydrogens is 258 g/mol. The fourth-order valence-corrected chi connectivity index (χ4v) is 2.57. The summed E-state index contributed by atoms with van der Waals surface area (Å²) in [6.07, 6.45) is 5.06. The second kappa shape index (κ2) is 10.8. The minimum atomic E-state index is 0.414. The number of nitrogens with one attached hydrogen (secondary N) is 1. The van der Waals surface area contributed by atoms with E-state index in [0.717, 1.165) is 13.2 Å². The Morgan fingerprint density at radius 1 is 1.05 bits per heavy atom. The molecule has 120 valence electrons. The van der Waals surface area contributed by atoms with E-state index >= 15 is 0 Å². The van der Waals surface area contributed by atoms with E-state index in [0.29, 0.717) is 18.0 Å². The number of ether oxygens (including phenoxy) is 1. The van der Waals surface area contributed by atoms with Crippen molar-refractivity contribution in [1.29, 1.82) is 0 Å². The van der Waals surface area contributed by atoms with Crippen LogP contribution in [0.15, 0.2) is 30.3 Å². The van der Waals surface area contributed by atoms with Crippen LogP contribution < -0.4 is 5.32 Å². The van der Waals surface area contributed by atoms with Crippen molar-refractivity contribution in [2.75, 3.05) is 13.2 Å². The third-order valence-corrected chi connectivity index (χ3v) is 4.02. The first-order valence-electron chi connectivity index (χ1n) is 8.57. The maximum atomic E-state index is 5.66. The van der Waals surface area contributed by atoms with E-state index in [1.54, 1.807) is 0 Å². The lowest BCUT2D eigenvalue weighted by Crippen LogP contribution is -2.40. The molecule has 2 atom stereocenters. The van der Waals surface area contributed by atoms with Crippen molar-refractivity contribution in [3.8, 4) is 0 Å². The second-order valence-electron chi connectivity index (χ2n) is 6.14. The Morgan fingerprint density at radius 3 is 2.33 bits per heavy atom. The van der Waals surface area contributed by atoms with Crippen molar-refractivity contribution >= 4 is 0 Å². The van der Waals surface area contributed by atoms with Crippen molar-refractivity contribution in [3.05, 3.63) is 35.9 Å². The van der Waals surface area contributed by atoms with Gasteiger partial charge in [-0.2, -0.15) is 0 Å². The molecule has 0 fully saturated rings.